The number of likely N-dealkylation sites (tertiary alicyclic amines) is 1. The lowest BCUT2D eigenvalue weighted by atomic mass is 9.81. The monoisotopic (exact) mass is 509 g/mol. The number of fused-ring (bicyclic) bond motifs is 1. The minimum Gasteiger partial charge on any atom is -0.450 e. The summed E-state index contributed by atoms with van der Waals surface area (Å²) in [5.41, 5.74) is -0.301. The molecule has 2 saturated heterocycles. The molecule has 2 fully saturated rings. The zero-order valence-corrected chi connectivity index (χ0v) is 20.4. The largest absolute Gasteiger partial charge is 0.450 e. The Balaban J connectivity index is 1.34. The number of hydrogen-bond donors (Lipinski definition) is 0. The molecule has 0 bridgehead atoms. The number of methoxy groups -OCH3 is 1. The maximum absolute atomic E-state index is 13.7. The zero-order valence-electron chi connectivity index (χ0n) is 20.4. The van der Waals surface area contributed by atoms with Crippen LogP contribution in [0.25, 0.3) is 0 Å². The summed E-state index contributed by atoms with van der Waals surface area (Å²) in [6.45, 7) is 4.36. The summed E-state index contributed by atoms with van der Waals surface area (Å²) < 4.78 is 56.6. The van der Waals surface area contributed by atoms with Crippen molar-refractivity contribution in [3.8, 4) is 0 Å². The van der Waals surface area contributed by atoms with E-state index in [9.17, 15) is 22.8 Å². The Kier molecular flexibility index (Phi) is 6.59. The Morgan fingerprint density at radius 2 is 2.00 bits per heavy atom. The van der Waals surface area contributed by atoms with Crippen LogP contribution in [-0.4, -0.2) is 84.4 Å². The van der Waals surface area contributed by atoms with Gasteiger partial charge < -0.3 is 19.1 Å². The molecule has 0 N–H and O–H groups in total. The molecule has 0 saturated carbocycles. The molecule has 1 spiro atoms. The van der Waals surface area contributed by atoms with Crippen molar-refractivity contribution in [3.63, 3.8) is 0 Å². The van der Waals surface area contributed by atoms with Crippen molar-refractivity contribution in [3.05, 3.63) is 40.2 Å². The second-order valence-corrected chi connectivity index (χ2v) is 9.93. The summed E-state index contributed by atoms with van der Waals surface area (Å²) in [5.74, 6) is -0.859. The van der Waals surface area contributed by atoms with E-state index in [0.29, 0.717) is 68.9 Å². The topological polar surface area (TPSA) is 81.2 Å². The van der Waals surface area contributed by atoms with Crippen LogP contribution >= 0.6 is 0 Å². The summed E-state index contributed by atoms with van der Waals surface area (Å²) in [6, 6.07) is 1.25. The number of pyridine rings is 1. The number of nitrogens with zero attached hydrogens (tertiary/aromatic N) is 3. The molecule has 4 aliphatic rings. The molecule has 0 radical (unpaired) electrons. The van der Waals surface area contributed by atoms with E-state index >= 15 is 0 Å². The first kappa shape index (κ1) is 25.2. The number of carbonyl (C=O) groups is 2. The van der Waals surface area contributed by atoms with Crippen molar-refractivity contribution in [2.24, 2.45) is 0 Å². The molecule has 0 unspecified atom stereocenters. The second kappa shape index (κ2) is 9.42. The fourth-order valence-electron chi connectivity index (χ4n) is 5.93. The van der Waals surface area contributed by atoms with Crippen molar-refractivity contribution < 1.29 is 37.0 Å². The van der Waals surface area contributed by atoms with Crippen LogP contribution in [0.15, 0.2) is 23.4 Å². The molecule has 5 rings (SSSR count). The molecule has 5 heterocycles. The highest BCUT2D eigenvalue weighted by molar-refractivity contribution is 6.07. The van der Waals surface area contributed by atoms with Crippen LogP contribution in [0, 0.1) is 0 Å². The quantitative estimate of drug-likeness (QED) is 0.580. The number of piperidine rings is 1. The van der Waals surface area contributed by atoms with Gasteiger partial charge in [0.2, 0.25) is 0 Å². The van der Waals surface area contributed by atoms with Gasteiger partial charge in [-0.15, -0.1) is 0 Å². The fraction of sp³-hybridized carbons (Fsp3) is 0.640. The first-order chi connectivity index (χ1) is 17.1. The van der Waals surface area contributed by atoms with Crippen LogP contribution in [0.3, 0.4) is 0 Å². The fourth-order valence-corrected chi connectivity index (χ4v) is 5.93. The van der Waals surface area contributed by atoms with E-state index in [0.717, 1.165) is 18.7 Å². The Bertz CT molecular complexity index is 1080. The molecular weight excluding hydrogens is 479 g/mol. The SMILES string of the molecule is CO[C@H]1COCC[C@H]1N1CCC2(CC1)OC(=O)C(C)=C2C(=O)N1CCc2ncc(C(F)(F)F)cc2C1. The molecule has 8 nitrogen and oxygen atoms in total. The summed E-state index contributed by atoms with van der Waals surface area (Å²) in [4.78, 5) is 34.2. The Hall–Kier alpha value is -2.50. The predicted octanol–water partition coefficient (Wildman–Crippen LogP) is 2.50. The van der Waals surface area contributed by atoms with E-state index in [1.807, 2.05) is 0 Å². The Morgan fingerprint density at radius 1 is 1.25 bits per heavy atom. The average molecular weight is 510 g/mol. The second-order valence-electron chi connectivity index (χ2n) is 9.93. The number of halogens is 3. The number of alkyl halides is 3. The minimum atomic E-state index is -4.51. The highest BCUT2D eigenvalue weighted by atomic mass is 19.4. The van der Waals surface area contributed by atoms with Gasteiger partial charge in [0, 0.05) is 82.7 Å². The standard InChI is InChI=1S/C25H30F3N3O5/c1-15-21(22(32)31-7-3-18-16(13-31)11-17(12-29-18)25(26,27)28)24(36-23(15)33)5-8-30(9-6-24)19-4-10-35-14-20(19)34-2/h11-12,19-20H,3-10,13-14H2,1-2H3/t19-,20+/m1/s1. The lowest BCUT2D eigenvalue weighted by molar-refractivity contribution is -0.154. The van der Waals surface area contributed by atoms with Crippen LogP contribution in [0.5, 0.6) is 0 Å². The Labute approximate surface area is 207 Å². The molecular formula is C25H30F3N3O5. The minimum absolute atomic E-state index is 0.00978. The lowest BCUT2D eigenvalue weighted by Crippen LogP contribution is -2.56. The maximum atomic E-state index is 13.7. The molecule has 1 aromatic rings. The first-order valence-corrected chi connectivity index (χ1v) is 12.3. The predicted molar refractivity (Wildman–Crippen MR) is 121 cm³/mol. The average Bonchev–Trinajstić information content (AvgIpc) is 3.11. The van der Waals surface area contributed by atoms with Gasteiger partial charge in [0.25, 0.3) is 5.91 Å². The molecule has 1 aromatic heterocycles. The van der Waals surface area contributed by atoms with Gasteiger partial charge in [0.05, 0.1) is 23.8 Å². The summed E-state index contributed by atoms with van der Waals surface area (Å²) >= 11 is 0. The van der Waals surface area contributed by atoms with Gasteiger partial charge in [-0.3, -0.25) is 14.7 Å². The maximum Gasteiger partial charge on any atom is 0.417 e. The summed E-state index contributed by atoms with van der Waals surface area (Å²) in [7, 11) is 1.67. The highest BCUT2D eigenvalue weighted by Crippen LogP contribution is 2.43. The van der Waals surface area contributed by atoms with E-state index < -0.39 is 23.3 Å². The third-order valence-corrected chi connectivity index (χ3v) is 7.94. The smallest absolute Gasteiger partial charge is 0.417 e. The Morgan fingerprint density at radius 3 is 2.69 bits per heavy atom. The van der Waals surface area contributed by atoms with E-state index in [-0.39, 0.29) is 30.2 Å². The van der Waals surface area contributed by atoms with Crippen molar-refractivity contribution in [2.45, 2.75) is 63.1 Å². The van der Waals surface area contributed by atoms with Crippen LogP contribution in [-0.2, 0) is 42.9 Å². The third-order valence-electron chi connectivity index (χ3n) is 7.94. The van der Waals surface area contributed by atoms with E-state index in [4.69, 9.17) is 14.2 Å². The van der Waals surface area contributed by atoms with Gasteiger partial charge >= 0.3 is 12.1 Å². The molecule has 11 heteroatoms. The van der Waals surface area contributed by atoms with Gasteiger partial charge in [-0.1, -0.05) is 0 Å². The lowest BCUT2D eigenvalue weighted by Gasteiger charge is -2.45. The number of esters is 1. The number of rotatable bonds is 3. The number of hydrogen-bond acceptors (Lipinski definition) is 7. The van der Waals surface area contributed by atoms with E-state index in [2.05, 4.69) is 9.88 Å². The number of carbonyl (C=O) groups excluding carboxylic acids is 2. The van der Waals surface area contributed by atoms with Gasteiger partial charge in [-0.2, -0.15) is 13.2 Å². The van der Waals surface area contributed by atoms with Gasteiger partial charge in [-0.25, -0.2) is 4.79 Å². The molecule has 0 aromatic carbocycles. The zero-order chi connectivity index (χ0) is 25.7. The number of amides is 1. The van der Waals surface area contributed by atoms with Gasteiger partial charge in [-0.05, 0) is 25.0 Å². The van der Waals surface area contributed by atoms with E-state index in [1.54, 1.807) is 14.0 Å². The number of aromatic nitrogens is 1. The normalized spacial score (nSPS) is 26.8. The highest BCUT2D eigenvalue weighted by Gasteiger charge is 2.52. The van der Waals surface area contributed by atoms with Gasteiger partial charge in [0.1, 0.15) is 5.60 Å². The van der Waals surface area contributed by atoms with Crippen molar-refractivity contribution in [2.75, 3.05) is 40.0 Å². The molecule has 2 atom stereocenters. The van der Waals surface area contributed by atoms with Crippen LogP contribution < -0.4 is 0 Å². The summed E-state index contributed by atoms with van der Waals surface area (Å²) in [6.07, 6.45) is -1.59. The van der Waals surface area contributed by atoms with Crippen LogP contribution in [0.2, 0.25) is 0 Å². The number of ether oxygens (including phenoxy) is 3. The molecule has 0 aliphatic carbocycles. The van der Waals surface area contributed by atoms with Crippen molar-refractivity contribution in [1.29, 1.82) is 0 Å². The third kappa shape index (κ3) is 4.41. The molecule has 196 valence electrons. The molecule has 1 amide bonds. The van der Waals surface area contributed by atoms with Crippen LogP contribution in [0.4, 0.5) is 13.2 Å². The first-order valence-electron chi connectivity index (χ1n) is 12.3. The van der Waals surface area contributed by atoms with Gasteiger partial charge in [0.15, 0.2) is 0 Å². The van der Waals surface area contributed by atoms with Crippen molar-refractivity contribution in [1.82, 2.24) is 14.8 Å². The summed E-state index contributed by atoms with van der Waals surface area (Å²) in [5, 5.41) is 0. The molecule has 4 aliphatic heterocycles. The van der Waals surface area contributed by atoms with Crippen molar-refractivity contribution >= 4 is 11.9 Å². The van der Waals surface area contributed by atoms with E-state index in [1.165, 1.54) is 4.90 Å². The molecule has 36 heavy (non-hydrogen) atoms. The van der Waals surface area contributed by atoms with Crippen LogP contribution in [0.1, 0.15) is 43.0 Å².